The maximum atomic E-state index is 13.4. The van der Waals surface area contributed by atoms with E-state index in [9.17, 15) is 22.8 Å². The lowest BCUT2D eigenvalue weighted by Gasteiger charge is -2.32. The number of carbonyl (C=O) groups excluding carboxylic acids is 3. The average Bonchev–Trinajstić information content (AvgIpc) is 2.96. The van der Waals surface area contributed by atoms with Crippen molar-refractivity contribution in [2.75, 3.05) is 13.1 Å². The summed E-state index contributed by atoms with van der Waals surface area (Å²) in [6, 6.07) is 9.62. The van der Waals surface area contributed by atoms with Gasteiger partial charge in [0.05, 0.1) is 5.56 Å². The first-order valence-electron chi connectivity index (χ1n) is 10.3. The zero-order valence-corrected chi connectivity index (χ0v) is 20.4. The van der Waals surface area contributed by atoms with Crippen molar-refractivity contribution in [2.24, 2.45) is 0 Å². The molecule has 1 N–H and O–H groups in total. The maximum absolute atomic E-state index is 13.4. The molecule has 0 radical (unpaired) electrons. The van der Waals surface area contributed by atoms with Crippen LogP contribution in [0.5, 0.6) is 0 Å². The molecule has 0 fully saturated rings. The van der Waals surface area contributed by atoms with Crippen LogP contribution in [0.15, 0.2) is 47.4 Å². The van der Waals surface area contributed by atoms with E-state index in [-0.39, 0.29) is 23.4 Å². The second kappa shape index (κ2) is 10.1. The fourth-order valence-electron chi connectivity index (χ4n) is 3.65. The quantitative estimate of drug-likeness (QED) is 0.586. The third-order valence-corrected chi connectivity index (χ3v) is 7.66. The highest BCUT2D eigenvalue weighted by molar-refractivity contribution is 7.90. The Morgan fingerprint density at radius 3 is 2.42 bits per heavy atom. The summed E-state index contributed by atoms with van der Waals surface area (Å²) in [6.07, 6.45) is 0.268. The lowest BCUT2D eigenvalue weighted by atomic mass is 10.1. The van der Waals surface area contributed by atoms with Gasteiger partial charge in [-0.2, -0.15) is 0 Å². The normalized spacial score (nSPS) is 15.2. The molecule has 2 aromatic rings. The van der Waals surface area contributed by atoms with Crippen molar-refractivity contribution >= 4 is 50.9 Å². The van der Waals surface area contributed by atoms with Gasteiger partial charge in [0.2, 0.25) is 11.8 Å². The van der Waals surface area contributed by atoms with Gasteiger partial charge in [0.15, 0.2) is 0 Å². The maximum Gasteiger partial charge on any atom is 0.269 e. The van der Waals surface area contributed by atoms with Crippen LogP contribution in [0.1, 0.15) is 36.2 Å². The van der Waals surface area contributed by atoms with Gasteiger partial charge in [-0.25, -0.2) is 12.7 Å². The van der Waals surface area contributed by atoms with Gasteiger partial charge in [-0.3, -0.25) is 14.4 Å². The van der Waals surface area contributed by atoms with Crippen molar-refractivity contribution in [2.45, 2.75) is 37.8 Å². The molecule has 1 aliphatic rings. The lowest BCUT2D eigenvalue weighted by molar-refractivity contribution is -0.141. The van der Waals surface area contributed by atoms with Crippen LogP contribution in [0.2, 0.25) is 10.0 Å². The average molecular weight is 512 g/mol. The van der Waals surface area contributed by atoms with Crippen molar-refractivity contribution in [3.8, 4) is 0 Å². The molecular formula is C22H23Cl2N3O5S. The summed E-state index contributed by atoms with van der Waals surface area (Å²) in [5.41, 5.74) is 0.532. The zero-order chi connectivity index (χ0) is 24.3. The zero-order valence-electron chi connectivity index (χ0n) is 18.0. The molecule has 3 rings (SSSR count). The summed E-state index contributed by atoms with van der Waals surface area (Å²) in [7, 11) is -4.18. The smallest absolute Gasteiger partial charge is 0.269 e. The Labute approximate surface area is 202 Å². The van der Waals surface area contributed by atoms with Gasteiger partial charge in [0, 0.05) is 23.1 Å². The Balaban J connectivity index is 1.95. The van der Waals surface area contributed by atoms with Crippen LogP contribution < -0.4 is 5.32 Å². The number of benzene rings is 2. The Morgan fingerprint density at radius 2 is 1.82 bits per heavy atom. The minimum Gasteiger partial charge on any atom is -0.355 e. The van der Waals surface area contributed by atoms with Crippen molar-refractivity contribution in [3.05, 3.63) is 63.6 Å². The van der Waals surface area contributed by atoms with Gasteiger partial charge < -0.3 is 10.2 Å². The summed E-state index contributed by atoms with van der Waals surface area (Å²) in [4.78, 5) is 39.9. The molecule has 0 saturated carbocycles. The second-order valence-electron chi connectivity index (χ2n) is 7.39. The van der Waals surface area contributed by atoms with E-state index in [0.717, 1.165) is 0 Å². The molecule has 0 spiro atoms. The molecule has 33 heavy (non-hydrogen) atoms. The summed E-state index contributed by atoms with van der Waals surface area (Å²) >= 11 is 12.2. The monoisotopic (exact) mass is 511 g/mol. The van der Waals surface area contributed by atoms with Crippen LogP contribution >= 0.6 is 23.2 Å². The van der Waals surface area contributed by atoms with E-state index in [0.29, 0.717) is 26.5 Å². The molecule has 0 bridgehead atoms. The van der Waals surface area contributed by atoms with E-state index in [1.165, 1.54) is 29.2 Å². The predicted molar refractivity (Wildman–Crippen MR) is 124 cm³/mol. The first-order valence-corrected chi connectivity index (χ1v) is 12.5. The summed E-state index contributed by atoms with van der Waals surface area (Å²) in [5.74, 6) is -1.88. The Hall–Kier alpha value is -2.62. The third-order valence-electron chi connectivity index (χ3n) is 5.28. The van der Waals surface area contributed by atoms with E-state index in [4.69, 9.17) is 23.2 Å². The van der Waals surface area contributed by atoms with Crippen molar-refractivity contribution < 1.29 is 22.8 Å². The van der Waals surface area contributed by atoms with Crippen LogP contribution in [0.3, 0.4) is 0 Å². The van der Waals surface area contributed by atoms with Crippen molar-refractivity contribution in [1.29, 1.82) is 0 Å². The van der Waals surface area contributed by atoms with Gasteiger partial charge in [-0.05, 0) is 43.2 Å². The number of rotatable bonds is 8. The summed E-state index contributed by atoms with van der Waals surface area (Å²) in [5, 5.41) is 3.39. The number of hydrogen-bond donors (Lipinski definition) is 1. The SMILES string of the molecule is CCNC(=O)C(CC)N(Cc1ccc(Cl)cc1Cl)C(=O)CN1C(=O)c2ccccc2S1(=O)=O. The van der Waals surface area contributed by atoms with Crippen molar-refractivity contribution in [1.82, 2.24) is 14.5 Å². The Bertz CT molecular complexity index is 1200. The molecule has 8 nitrogen and oxygen atoms in total. The van der Waals surface area contributed by atoms with Gasteiger partial charge in [0.1, 0.15) is 17.5 Å². The Kier molecular flexibility index (Phi) is 7.66. The minimum absolute atomic E-state index is 0.00774. The molecule has 0 aromatic heterocycles. The van der Waals surface area contributed by atoms with Gasteiger partial charge in [-0.1, -0.05) is 48.3 Å². The number of nitrogens with one attached hydrogen (secondary N) is 1. The van der Waals surface area contributed by atoms with Gasteiger partial charge >= 0.3 is 0 Å². The number of likely N-dealkylation sites (N-methyl/N-ethyl adjacent to an activating group) is 1. The highest BCUT2D eigenvalue weighted by Gasteiger charge is 2.43. The number of halogens is 2. The van der Waals surface area contributed by atoms with Crippen LogP contribution in [-0.4, -0.2) is 54.5 Å². The predicted octanol–water partition coefficient (Wildman–Crippen LogP) is 3.08. The molecule has 0 aliphatic carbocycles. The van der Waals surface area contributed by atoms with Gasteiger partial charge in [0.25, 0.3) is 15.9 Å². The number of sulfonamides is 1. The molecule has 1 unspecified atom stereocenters. The molecule has 1 heterocycles. The molecule has 3 amide bonds. The number of carbonyl (C=O) groups is 3. The van der Waals surface area contributed by atoms with Crippen LogP contribution in [0, 0.1) is 0 Å². The summed E-state index contributed by atoms with van der Waals surface area (Å²) < 4.78 is 26.3. The summed E-state index contributed by atoms with van der Waals surface area (Å²) in [6.45, 7) is 3.03. The lowest BCUT2D eigenvalue weighted by Crippen LogP contribution is -2.52. The molecule has 176 valence electrons. The minimum atomic E-state index is -4.18. The van der Waals surface area contributed by atoms with E-state index in [1.807, 2.05) is 0 Å². The topological polar surface area (TPSA) is 104 Å². The molecule has 11 heteroatoms. The molecular weight excluding hydrogens is 489 g/mol. The molecule has 0 saturated heterocycles. The van der Waals surface area contributed by atoms with E-state index >= 15 is 0 Å². The third kappa shape index (κ3) is 5.00. The van der Waals surface area contributed by atoms with E-state index < -0.39 is 40.3 Å². The van der Waals surface area contributed by atoms with E-state index in [2.05, 4.69) is 5.32 Å². The largest absolute Gasteiger partial charge is 0.355 e. The number of amides is 3. The highest BCUT2D eigenvalue weighted by Crippen LogP contribution is 2.30. The van der Waals surface area contributed by atoms with Crippen LogP contribution in [0.25, 0.3) is 0 Å². The van der Waals surface area contributed by atoms with E-state index in [1.54, 1.807) is 32.0 Å². The first-order chi connectivity index (χ1) is 15.6. The fourth-order valence-corrected chi connectivity index (χ4v) is 5.63. The molecule has 1 atom stereocenters. The molecule has 2 aromatic carbocycles. The standard InChI is InChI=1S/C22H23Cl2N3O5S/c1-3-18(21(29)25-4-2)26(12-14-9-10-15(23)11-17(14)24)20(28)13-27-22(30)16-7-5-6-8-19(16)33(27,31)32/h5-11,18H,3-4,12-13H2,1-2H3,(H,25,29). The van der Waals surface area contributed by atoms with Crippen LogP contribution in [-0.2, 0) is 26.2 Å². The van der Waals surface area contributed by atoms with Crippen LogP contribution in [0.4, 0.5) is 0 Å². The second-order valence-corrected chi connectivity index (χ2v) is 10.1. The number of hydrogen-bond acceptors (Lipinski definition) is 5. The highest BCUT2D eigenvalue weighted by atomic mass is 35.5. The number of nitrogens with zero attached hydrogens (tertiary/aromatic N) is 2. The van der Waals surface area contributed by atoms with Crippen molar-refractivity contribution in [3.63, 3.8) is 0 Å². The molecule has 1 aliphatic heterocycles. The fraction of sp³-hybridized carbons (Fsp3) is 0.318. The first kappa shape index (κ1) is 25.0. The Morgan fingerprint density at radius 1 is 1.12 bits per heavy atom. The van der Waals surface area contributed by atoms with Gasteiger partial charge in [-0.15, -0.1) is 0 Å². The number of fused-ring (bicyclic) bond motifs is 1.